The van der Waals surface area contributed by atoms with E-state index in [1.807, 2.05) is 18.2 Å². The van der Waals surface area contributed by atoms with E-state index in [4.69, 9.17) is 14.2 Å². The van der Waals surface area contributed by atoms with Gasteiger partial charge in [-0.1, -0.05) is 91.0 Å². The Morgan fingerprint density at radius 2 is 0.692 bits per heavy atom. The Balaban J connectivity index is 1.23. The highest BCUT2D eigenvalue weighted by atomic mass is 32.2. The Labute approximate surface area is 243 Å². The summed E-state index contributed by atoms with van der Waals surface area (Å²) in [5.41, 5.74) is 3.89. The molecule has 0 N–H and O–H groups in total. The number of benzene rings is 3. The van der Waals surface area contributed by atoms with Crippen LogP contribution in [0.5, 0.6) is 18.0 Å². The lowest BCUT2D eigenvalue weighted by Crippen LogP contribution is -2.11. The molecule has 0 unspecified atom stereocenters. The van der Waals surface area contributed by atoms with Gasteiger partial charge in [0, 0.05) is 34.5 Å². The normalized spacial score (nSPS) is 10.8. The van der Waals surface area contributed by atoms with Gasteiger partial charge in [0.15, 0.2) is 0 Å². The summed E-state index contributed by atoms with van der Waals surface area (Å²) < 4.78 is 17.5. The second-order valence-corrected chi connectivity index (χ2v) is 11.7. The van der Waals surface area contributed by atoms with Crippen LogP contribution in [0.25, 0.3) is 0 Å². The maximum atomic E-state index is 5.84. The minimum absolute atomic E-state index is 0.226. The van der Waals surface area contributed by atoms with E-state index < -0.39 is 0 Å². The second kappa shape index (κ2) is 17.7. The molecule has 4 aromatic rings. The van der Waals surface area contributed by atoms with Gasteiger partial charge >= 0.3 is 18.0 Å². The van der Waals surface area contributed by atoms with Crippen LogP contribution < -0.4 is 14.2 Å². The molecule has 0 amide bonds. The zero-order valence-corrected chi connectivity index (χ0v) is 24.3. The quantitative estimate of drug-likeness (QED) is 0.118. The van der Waals surface area contributed by atoms with Crippen LogP contribution in [-0.4, -0.2) is 52.0 Å². The Bertz CT molecular complexity index is 1040. The van der Waals surface area contributed by atoms with E-state index in [2.05, 4.69) is 87.7 Å². The maximum Gasteiger partial charge on any atom is 0.325 e. The van der Waals surface area contributed by atoms with Crippen LogP contribution in [0.4, 0.5) is 0 Å². The highest BCUT2D eigenvalue weighted by molar-refractivity contribution is 7.98. The molecule has 1 aromatic heterocycles. The van der Waals surface area contributed by atoms with Crippen molar-refractivity contribution >= 4 is 35.3 Å². The summed E-state index contributed by atoms with van der Waals surface area (Å²) in [6.45, 7) is 1.46. The van der Waals surface area contributed by atoms with Crippen molar-refractivity contribution in [3.8, 4) is 18.0 Å². The van der Waals surface area contributed by atoms with Crippen LogP contribution in [0, 0.1) is 0 Å². The molecule has 0 fully saturated rings. The smallest absolute Gasteiger partial charge is 0.325 e. The van der Waals surface area contributed by atoms with Crippen molar-refractivity contribution in [2.45, 2.75) is 17.3 Å². The lowest BCUT2D eigenvalue weighted by molar-refractivity contribution is 0.254. The van der Waals surface area contributed by atoms with Gasteiger partial charge in [-0.05, 0) is 16.7 Å². The molecule has 39 heavy (non-hydrogen) atoms. The first-order valence-corrected chi connectivity index (χ1v) is 16.3. The van der Waals surface area contributed by atoms with Gasteiger partial charge in [-0.2, -0.15) is 35.3 Å². The molecule has 4 rings (SSSR count). The second-order valence-electron chi connectivity index (χ2n) is 8.34. The third kappa shape index (κ3) is 11.8. The fourth-order valence-corrected chi connectivity index (χ4v) is 5.70. The van der Waals surface area contributed by atoms with Crippen LogP contribution in [0.15, 0.2) is 91.0 Å². The standard InChI is InChI=1S/C30H33N3O3S3/c1-4-10-25(11-5-1)22-37-19-16-34-28-31-29(35-17-20-38-23-26-12-6-2-7-13-26)33-30(32-28)36-18-21-39-24-27-14-8-3-9-15-27/h1-15H,16-24H2. The van der Waals surface area contributed by atoms with E-state index in [0.29, 0.717) is 19.8 Å². The van der Waals surface area contributed by atoms with Crippen LogP contribution >= 0.6 is 35.3 Å². The predicted octanol–water partition coefficient (Wildman–Crippen LogP) is 6.81. The van der Waals surface area contributed by atoms with E-state index in [9.17, 15) is 0 Å². The van der Waals surface area contributed by atoms with Gasteiger partial charge in [0.05, 0.1) is 0 Å². The zero-order valence-electron chi connectivity index (χ0n) is 21.8. The third-order valence-corrected chi connectivity index (χ3v) is 8.26. The lowest BCUT2D eigenvalue weighted by Gasteiger charge is -2.10. The molecule has 0 spiro atoms. The molecule has 0 aliphatic heterocycles. The molecule has 0 saturated heterocycles. The predicted molar refractivity (Wildman–Crippen MR) is 164 cm³/mol. The number of ether oxygens (including phenoxy) is 3. The minimum Gasteiger partial charge on any atom is -0.462 e. The number of hydrogen-bond acceptors (Lipinski definition) is 9. The van der Waals surface area contributed by atoms with Crippen molar-refractivity contribution in [3.63, 3.8) is 0 Å². The number of hydrogen-bond donors (Lipinski definition) is 0. The number of aromatic nitrogens is 3. The summed E-state index contributed by atoms with van der Waals surface area (Å²) in [6, 6.07) is 31.9. The average molecular weight is 580 g/mol. The summed E-state index contributed by atoms with van der Waals surface area (Å²) in [6.07, 6.45) is 0. The van der Waals surface area contributed by atoms with Crippen molar-refractivity contribution in [1.29, 1.82) is 0 Å². The van der Waals surface area contributed by atoms with E-state index in [1.54, 1.807) is 35.3 Å². The largest absolute Gasteiger partial charge is 0.462 e. The molecule has 0 bridgehead atoms. The molecule has 9 heteroatoms. The van der Waals surface area contributed by atoms with Crippen molar-refractivity contribution in [3.05, 3.63) is 108 Å². The van der Waals surface area contributed by atoms with E-state index in [0.717, 1.165) is 34.5 Å². The third-order valence-electron chi connectivity index (χ3n) is 5.29. The monoisotopic (exact) mass is 579 g/mol. The van der Waals surface area contributed by atoms with E-state index >= 15 is 0 Å². The number of thioether (sulfide) groups is 3. The van der Waals surface area contributed by atoms with Gasteiger partial charge in [0.1, 0.15) is 19.8 Å². The average Bonchev–Trinajstić information content (AvgIpc) is 2.98. The molecular formula is C30H33N3O3S3. The Hall–Kier alpha value is -2.88. The van der Waals surface area contributed by atoms with Gasteiger partial charge in [-0.3, -0.25) is 0 Å². The number of nitrogens with zero attached hydrogens (tertiary/aromatic N) is 3. The van der Waals surface area contributed by atoms with E-state index in [-0.39, 0.29) is 18.0 Å². The van der Waals surface area contributed by atoms with Gasteiger partial charge in [0.2, 0.25) is 0 Å². The molecule has 204 valence electrons. The van der Waals surface area contributed by atoms with Gasteiger partial charge < -0.3 is 14.2 Å². The summed E-state index contributed by atoms with van der Waals surface area (Å²) >= 11 is 5.41. The molecule has 0 atom stereocenters. The Kier molecular flexibility index (Phi) is 13.2. The molecule has 6 nitrogen and oxygen atoms in total. The van der Waals surface area contributed by atoms with Crippen molar-refractivity contribution in [2.24, 2.45) is 0 Å². The van der Waals surface area contributed by atoms with Crippen molar-refractivity contribution in [2.75, 3.05) is 37.1 Å². The van der Waals surface area contributed by atoms with Crippen LogP contribution in [0.1, 0.15) is 16.7 Å². The summed E-state index contributed by atoms with van der Waals surface area (Å²) in [4.78, 5) is 13.1. The molecular weight excluding hydrogens is 547 g/mol. The molecule has 3 aromatic carbocycles. The van der Waals surface area contributed by atoms with E-state index in [1.165, 1.54) is 16.7 Å². The Morgan fingerprint density at radius 3 is 0.974 bits per heavy atom. The van der Waals surface area contributed by atoms with Crippen LogP contribution in [-0.2, 0) is 17.3 Å². The fraction of sp³-hybridized carbons (Fsp3) is 0.300. The SMILES string of the molecule is c1ccc(CSCCOc2nc(OCCSCc3ccccc3)nc(OCCSCc3ccccc3)n2)cc1. The van der Waals surface area contributed by atoms with Gasteiger partial charge in [-0.15, -0.1) is 15.0 Å². The summed E-state index contributed by atoms with van der Waals surface area (Å²) in [5.74, 6) is 5.26. The van der Waals surface area contributed by atoms with Crippen LogP contribution in [0.3, 0.4) is 0 Å². The summed E-state index contributed by atoms with van der Waals surface area (Å²) in [5, 5.41) is 0. The first-order chi connectivity index (χ1) is 19.3. The molecule has 0 aliphatic carbocycles. The fourth-order valence-electron chi connectivity index (χ4n) is 3.38. The molecule has 0 saturated carbocycles. The zero-order chi connectivity index (χ0) is 26.8. The minimum atomic E-state index is 0.226. The van der Waals surface area contributed by atoms with Crippen LogP contribution in [0.2, 0.25) is 0 Å². The molecule has 0 aliphatic rings. The first-order valence-electron chi connectivity index (χ1n) is 12.8. The Morgan fingerprint density at radius 1 is 0.410 bits per heavy atom. The highest BCUT2D eigenvalue weighted by Crippen LogP contribution is 2.18. The molecule has 1 heterocycles. The van der Waals surface area contributed by atoms with Gasteiger partial charge in [-0.25, -0.2) is 0 Å². The lowest BCUT2D eigenvalue weighted by atomic mass is 10.2. The van der Waals surface area contributed by atoms with Gasteiger partial charge in [0.25, 0.3) is 0 Å². The first kappa shape index (κ1) is 29.1. The highest BCUT2D eigenvalue weighted by Gasteiger charge is 2.11. The van der Waals surface area contributed by atoms with Crippen molar-refractivity contribution < 1.29 is 14.2 Å². The maximum absolute atomic E-state index is 5.84. The topological polar surface area (TPSA) is 66.4 Å². The summed E-state index contributed by atoms with van der Waals surface area (Å²) in [7, 11) is 0. The molecule has 0 radical (unpaired) electrons. The van der Waals surface area contributed by atoms with Crippen molar-refractivity contribution in [1.82, 2.24) is 15.0 Å². The number of rotatable bonds is 18.